The topological polar surface area (TPSA) is 44.0 Å². The maximum absolute atomic E-state index is 12.2. The average molecular weight is 258 g/mol. The van der Waals surface area contributed by atoms with Gasteiger partial charge in [-0.2, -0.15) is 0 Å². The van der Waals surface area contributed by atoms with Crippen molar-refractivity contribution >= 4 is 0 Å². The van der Waals surface area contributed by atoms with Crippen LogP contribution in [0.5, 0.6) is 0 Å². The molecule has 0 bridgehead atoms. The minimum Gasteiger partial charge on any atom is -0.309 e. The molecule has 0 saturated carbocycles. The van der Waals surface area contributed by atoms with E-state index >= 15 is 0 Å². The lowest BCUT2D eigenvalue weighted by molar-refractivity contribution is 0.633. The second-order valence-electron chi connectivity index (χ2n) is 4.76. The fourth-order valence-electron chi connectivity index (χ4n) is 2.09. The molecule has 0 spiro atoms. The van der Waals surface area contributed by atoms with Crippen LogP contribution in [-0.2, 0) is 6.54 Å². The van der Waals surface area contributed by atoms with Crippen LogP contribution in [0.15, 0.2) is 40.2 Å². The lowest BCUT2D eigenvalue weighted by Crippen LogP contribution is -2.40. The summed E-state index contributed by atoms with van der Waals surface area (Å²) in [6.45, 7) is 6.44. The minimum atomic E-state index is -0.496. The van der Waals surface area contributed by atoms with Crippen LogP contribution in [0.1, 0.15) is 24.5 Å². The molecule has 0 amide bonds. The van der Waals surface area contributed by atoms with Gasteiger partial charge in [-0.05, 0) is 37.5 Å². The van der Waals surface area contributed by atoms with Gasteiger partial charge in [0, 0.05) is 18.9 Å². The van der Waals surface area contributed by atoms with Crippen LogP contribution in [0, 0.1) is 13.8 Å². The number of benzene rings is 1. The molecule has 0 radical (unpaired) electrons. The van der Waals surface area contributed by atoms with Gasteiger partial charge >= 0.3 is 11.1 Å². The molecule has 0 N–H and O–H groups in total. The third-order valence-electron chi connectivity index (χ3n) is 3.15. The molecule has 2 rings (SSSR count). The zero-order chi connectivity index (χ0) is 14.0. The molecule has 0 unspecified atom stereocenters. The zero-order valence-electron chi connectivity index (χ0n) is 11.5. The predicted molar refractivity (Wildman–Crippen MR) is 76.1 cm³/mol. The SMILES string of the molecule is CCCn1ccn(-c2cc(C)ccc2C)c(=O)c1=O. The van der Waals surface area contributed by atoms with Crippen LogP contribution < -0.4 is 11.1 Å². The summed E-state index contributed by atoms with van der Waals surface area (Å²) < 4.78 is 2.89. The third-order valence-corrected chi connectivity index (χ3v) is 3.15. The summed E-state index contributed by atoms with van der Waals surface area (Å²) in [6.07, 6.45) is 4.17. The van der Waals surface area contributed by atoms with Crippen LogP contribution >= 0.6 is 0 Å². The van der Waals surface area contributed by atoms with Gasteiger partial charge < -0.3 is 4.57 Å². The van der Waals surface area contributed by atoms with E-state index < -0.39 is 11.1 Å². The van der Waals surface area contributed by atoms with Gasteiger partial charge in [0.25, 0.3) is 0 Å². The van der Waals surface area contributed by atoms with E-state index in [1.165, 1.54) is 9.13 Å². The molecule has 0 aliphatic rings. The van der Waals surface area contributed by atoms with E-state index in [1.54, 1.807) is 12.4 Å². The smallest absolute Gasteiger partial charge is 0.309 e. The Balaban J connectivity index is 2.65. The average Bonchev–Trinajstić information content (AvgIpc) is 2.39. The van der Waals surface area contributed by atoms with Crippen LogP contribution in [0.2, 0.25) is 0 Å². The molecule has 4 nitrogen and oxygen atoms in total. The Hall–Kier alpha value is -2.10. The number of rotatable bonds is 3. The second kappa shape index (κ2) is 5.26. The van der Waals surface area contributed by atoms with Gasteiger partial charge in [-0.15, -0.1) is 0 Å². The Morgan fingerprint density at radius 1 is 1.05 bits per heavy atom. The van der Waals surface area contributed by atoms with E-state index in [1.807, 2.05) is 39.0 Å². The largest absolute Gasteiger partial charge is 0.320 e. The van der Waals surface area contributed by atoms with Crippen LogP contribution in [0.25, 0.3) is 5.69 Å². The molecular weight excluding hydrogens is 240 g/mol. The van der Waals surface area contributed by atoms with Gasteiger partial charge in [0.2, 0.25) is 0 Å². The second-order valence-corrected chi connectivity index (χ2v) is 4.76. The van der Waals surface area contributed by atoms with E-state index in [-0.39, 0.29) is 0 Å². The number of hydrogen-bond donors (Lipinski definition) is 0. The third kappa shape index (κ3) is 2.52. The minimum absolute atomic E-state index is 0.467. The van der Waals surface area contributed by atoms with Gasteiger partial charge in [0.15, 0.2) is 0 Å². The van der Waals surface area contributed by atoms with Crippen LogP contribution in [-0.4, -0.2) is 9.13 Å². The first-order chi connectivity index (χ1) is 9.04. The first-order valence-corrected chi connectivity index (χ1v) is 6.44. The Morgan fingerprint density at radius 3 is 2.47 bits per heavy atom. The monoisotopic (exact) mass is 258 g/mol. The number of hydrogen-bond acceptors (Lipinski definition) is 2. The molecule has 19 heavy (non-hydrogen) atoms. The summed E-state index contributed by atoms with van der Waals surface area (Å²) in [7, 11) is 0. The quantitative estimate of drug-likeness (QED) is 0.791. The normalized spacial score (nSPS) is 10.7. The first-order valence-electron chi connectivity index (χ1n) is 6.44. The first kappa shape index (κ1) is 13.3. The number of aromatic nitrogens is 2. The van der Waals surface area contributed by atoms with Crippen molar-refractivity contribution in [3.63, 3.8) is 0 Å². The molecule has 4 heteroatoms. The lowest BCUT2D eigenvalue weighted by atomic mass is 10.1. The van der Waals surface area contributed by atoms with Gasteiger partial charge in [0.1, 0.15) is 0 Å². The Labute approximate surface area is 111 Å². The molecule has 1 heterocycles. The summed E-state index contributed by atoms with van der Waals surface area (Å²) in [6, 6.07) is 5.86. The molecule has 1 aromatic heterocycles. The van der Waals surface area contributed by atoms with Crippen molar-refractivity contribution in [2.75, 3.05) is 0 Å². The van der Waals surface area contributed by atoms with E-state index in [4.69, 9.17) is 0 Å². The van der Waals surface area contributed by atoms with Gasteiger partial charge in [-0.25, -0.2) is 0 Å². The summed E-state index contributed by atoms with van der Waals surface area (Å²) in [4.78, 5) is 24.1. The Bertz CT molecular complexity index is 711. The standard InChI is InChI=1S/C15H18N2O2/c1-4-7-16-8-9-17(15(19)14(16)18)13-10-11(2)5-6-12(13)3/h5-6,8-10H,4,7H2,1-3H3. The van der Waals surface area contributed by atoms with Crippen molar-refractivity contribution in [2.45, 2.75) is 33.7 Å². The van der Waals surface area contributed by atoms with Gasteiger partial charge in [-0.3, -0.25) is 14.2 Å². The highest BCUT2D eigenvalue weighted by molar-refractivity contribution is 5.42. The van der Waals surface area contributed by atoms with Crippen molar-refractivity contribution in [2.24, 2.45) is 0 Å². The molecule has 1 aromatic carbocycles. The summed E-state index contributed by atoms with van der Waals surface area (Å²) >= 11 is 0. The molecule has 0 aliphatic carbocycles. The molecule has 100 valence electrons. The molecule has 2 aromatic rings. The Morgan fingerprint density at radius 2 is 1.79 bits per heavy atom. The molecule has 0 fully saturated rings. The maximum atomic E-state index is 12.2. The highest BCUT2D eigenvalue weighted by atomic mass is 16.2. The van der Waals surface area contributed by atoms with Crippen molar-refractivity contribution in [3.05, 3.63) is 62.4 Å². The Kier molecular flexibility index (Phi) is 3.69. The van der Waals surface area contributed by atoms with Crippen molar-refractivity contribution in [1.82, 2.24) is 9.13 Å². The number of nitrogens with zero attached hydrogens (tertiary/aromatic N) is 2. The van der Waals surface area contributed by atoms with Gasteiger partial charge in [0.05, 0.1) is 5.69 Å². The zero-order valence-corrected chi connectivity index (χ0v) is 11.5. The van der Waals surface area contributed by atoms with Crippen molar-refractivity contribution in [1.29, 1.82) is 0 Å². The van der Waals surface area contributed by atoms with E-state index in [2.05, 4.69) is 0 Å². The summed E-state index contributed by atoms with van der Waals surface area (Å²) in [5.74, 6) is 0. The highest BCUT2D eigenvalue weighted by Crippen LogP contribution is 2.13. The van der Waals surface area contributed by atoms with E-state index in [0.717, 1.165) is 23.2 Å². The molecular formula is C15H18N2O2. The van der Waals surface area contributed by atoms with Gasteiger partial charge in [-0.1, -0.05) is 19.1 Å². The van der Waals surface area contributed by atoms with E-state index in [0.29, 0.717) is 6.54 Å². The van der Waals surface area contributed by atoms with Crippen molar-refractivity contribution in [3.8, 4) is 5.69 Å². The highest BCUT2D eigenvalue weighted by Gasteiger charge is 2.08. The summed E-state index contributed by atoms with van der Waals surface area (Å²) in [5.41, 5.74) is 1.84. The molecule has 0 atom stereocenters. The fraction of sp³-hybridized carbons (Fsp3) is 0.333. The lowest BCUT2D eigenvalue weighted by Gasteiger charge is -2.11. The number of aryl methyl sites for hydroxylation is 3. The predicted octanol–water partition coefficient (Wildman–Crippen LogP) is 2.03. The van der Waals surface area contributed by atoms with Crippen molar-refractivity contribution < 1.29 is 0 Å². The van der Waals surface area contributed by atoms with Crippen LogP contribution in [0.4, 0.5) is 0 Å². The van der Waals surface area contributed by atoms with E-state index in [9.17, 15) is 9.59 Å². The maximum Gasteiger partial charge on any atom is 0.320 e. The van der Waals surface area contributed by atoms with Crippen LogP contribution in [0.3, 0.4) is 0 Å². The molecule has 0 aliphatic heterocycles. The molecule has 0 saturated heterocycles. The fourth-order valence-corrected chi connectivity index (χ4v) is 2.09. The summed E-state index contributed by atoms with van der Waals surface area (Å²) in [5, 5.41) is 0.